The Morgan fingerprint density at radius 3 is 0.724 bits per heavy atom. The van der Waals surface area contributed by atoms with Crippen molar-refractivity contribution in [3.05, 3.63) is 229 Å². The van der Waals surface area contributed by atoms with Gasteiger partial charge in [-0.1, -0.05) is 146 Å². The predicted octanol–water partition coefficient (Wildman–Crippen LogP) is 16.9. The molecule has 0 radical (unpaired) electrons. The van der Waals surface area contributed by atoms with E-state index >= 15 is 0 Å². The molecule has 278 valence electrons. The van der Waals surface area contributed by atoms with Gasteiger partial charge in [0.1, 0.15) is 0 Å². The molecule has 0 aliphatic rings. The summed E-state index contributed by atoms with van der Waals surface area (Å²) in [5, 5.41) is 6.32. The zero-order chi connectivity index (χ0) is 38.9. The fourth-order valence-corrected chi connectivity index (χ4v) is 8.76. The van der Waals surface area contributed by atoms with E-state index in [1.54, 1.807) is 34.0 Å². The van der Waals surface area contributed by atoms with Gasteiger partial charge in [0.25, 0.3) is 0 Å². The summed E-state index contributed by atoms with van der Waals surface area (Å²) in [5.74, 6) is 0. The van der Waals surface area contributed by atoms with Gasteiger partial charge in [-0.15, -0.1) is 34.0 Å². The Bertz CT molecular complexity index is 2420. The molecular weight excluding hydrogens is 759 g/mol. The summed E-state index contributed by atoms with van der Waals surface area (Å²) in [6.07, 6.45) is 13.0. The summed E-state index contributed by atoms with van der Waals surface area (Å²) < 4.78 is 0. The van der Waals surface area contributed by atoms with E-state index in [4.69, 9.17) is 0 Å². The van der Waals surface area contributed by atoms with E-state index in [1.807, 2.05) is 0 Å². The van der Waals surface area contributed by atoms with Gasteiger partial charge in [0.15, 0.2) is 0 Å². The summed E-state index contributed by atoms with van der Waals surface area (Å²) in [7, 11) is 0. The molecule has 1 nitrogen and oxygen atoms in total. The third kappa shape index (κ3) is 9.01. The van der Waals surface area contributed by atoms with Crippen molar-refractivity contribution in [3.63, 3.8) is 0 Å². The van der Waals surface area contributed by atoms with Crippen molar-refractivity contribution >= 4 is 87.5 Å². The van der Waals surface area contributed by atoms with Crippen molar-refractivity contribution in [3.8, 4) is 33.4 Å². The molecule has 58 heavy (non-hydrogen) atoms. The van der Waals surface area contributed by atoms with E-state index < -0.39 is 0 Å². The van der Waals surface area contributed by atoms with Crippen LogP contribution in [0.3, 0.4) is 0 Å². The molecule has 0 aliphatic heterocycles. The van der Waals surface area contributed by atoms with Crippen LogP contribution in [0.1, 0.15) is 31.3 Å². The Balaban J connectivity index is 0.974. The van der Waals surface area contributed by atoms with Crippen molar-refractivity contribution in [1.82, 2.24) is 0 Å². The molecule has 0 fully saturated rings. The van der Waals surface area contributed by atoms with Gasteiger partial charge >= 0.3 is 0 Å². The first-order chi connectivity index (χ1) is 28.7. The zero-order valence-electron chi connectivity index (χ0n) is 31.7. The molecular formula is C54H39NS3. The number of nitrogens with zero attached hydrogens (tertiary/aromatic N) is 1. The summed E-state index contributed by atoms with van der Waals surface area (Å²) in [4.78, 5) is 6.11. The molecule has 0 saturated heterocycles. The molecule has 9 rings (SSSR count). The van der Waals surface area contributed by atoms with Gasteiger partial charge < -0.3 is 4.90 Å². The Kier molecular flexibility index (Phi) is 11.3. The third-order valence-corrected chi connectivity index (χ3v) is 12.6. The monoisotopic (exact) mass is 797 g/mol. The minimum Gasteiger partial charge on any atom is -0.311 e. The van der Waals surface area contributed by atoms with E-state index in [0.717, 1.165) is 17.1 Å². The Morgan fingerprint density at radius 1 is 0.259 bits per heavy atom. The second-order valence-corrected chi connectivity index (χ2v) is 16.8. The van der Waals surface area contributed by atoms with E-state index in [1.165, 1.54) is 64.7 Å². The lowest BCUT2D eigenvalue weighted by molar-refractivity contribution is 1.28. The van der Waals surface area contributed by atoms with Crippen LogP contribution in [0.15, 0.2) is 198 Å². The fraction of sp³-hybridized carbons (Fsp3) is 0. The molecule has 0 saturated carbocycles. The predicted molar refractivity (Wildman–Crippen MR) is 257 cm³/mol. The lowest BCUT2D eigenvalue weighted by Crippen LogP contribution is -2.09. The van der Waals surface area contributed by atoms with Crippen LogP contribution in [0.25, 0.3) is 69.8 Å². The molecule has 6 aromatic carbocycles. The molecule has 0 amide bonds. The van der Waals surface area contributed by atoms with Crippen molar-refractivity contribution in [2.45, 2.75) is 0 Å². The van der Waals surface area contributed by atoms with Crippen LogP contribution in [0.5, 0.6) is 0 Å². The maximum atomic E-state index is 2.34. The molecule has 3 aromatic heterocycles. The number of thiophene rings is 3. The van der Waals surface area contributed by atoms with Crippen LogP contribution in [-0.2, 0) is 0 Å². The number of hydrogen-bond acceptors (Lipinski definition) is 4. The molecule has 0 spiro atoms. The maximum Gasteiger partial charge on any atom is 0.0462 e. The first-order valence-electron chi connectivity index (χ1n) is 19.3. The van der Waals surface area contributed by atoms with E-state index in [9.17, 15) is 0 Å². The van der Waals surface area contributed by atoms with Gasteiger partial charge in [0.2, 0.25) is 0 Å². The van der Waals surface area contributed by atoms with E-state index in [0.29, 0.717) is 0 Å². The van der Waals surface area contributed by atoms with Crippen molar-refractivity contribution in [2.24, 2.45) is 0 Å². The largest absolute Gasteiger partial charge is 0.311 e. The average Bonchev–Trinajstić information content (AvgIpc) is 4.12. The quantitative estimate of drug-likeness (QED) is 0.119. The highest BCUT2D eigenvalue weighted by Crippen LogP contribution is 2.38. The Hall–Kier alpha value is -6.56. The number of anilines is 3. The van der Waals surface area contributed by atoms with Gasteiger partial charge in [-0.2, -0.15) is 0 Å². The van der Waals surface area contributed by atoms with Gasteiger partial charge in [-0.25, -0.2) is 0 Å². The summed E-state index contributed by atoms with van der Waals surface area (Å²) >= 11 is 5.25. The van der Waals surface area contributed by atoms with Crippen LogP contribution in [-0.4, -0.2) is 0 Å². The van der Waals surface area contributed by atoms with Gasteiger partial charge in [0.05, 0.1) is 0 Å². The molecule has 9 aromatic rings. The fourth-order valence-electron chi connectivity index (χ4n) is 6.91. The van der Waals surface area contributed by atoms with E-state index in [-0.39, 0.29) is 0 Å². The molecule has 0 unspecified atom stereocenters. The summed E-state index contributed by atoms with van der Waals surface area (Å²) in [5.41, 5.74) is 14.0. The van der Waals surface area contributed by atoms with Gasteiger partial charge in [0, 0.05) is 31.7 Å². The molecule has 0 bridgehead atoms. The first-order valence-corrected chi connectivity index (χ1v) is 21.9. The van der Waals surface area contributed by atoms with Gasteiger partial charge in [-0.05, 0) is 139 Å². The van der Waals surface area contributed by atoms with Gasteiger partial charge in [-0.3, -0.25) is 0 Å². The van der Waals surface area contributed by atoms with Crippen molar-refractivity contribution in [1.29, 1.82) is 0 Å². The van der Waals surface area contributed by atoms with Crippen LogP contribution in [0, 0.1) is 0 Å². The minimum atomic E-state index is 1.10. The molecule has 0 N–H and O–H groups in total. The first kappa shape index (κ1) is 37.0. The van der Waals surface area contributed by atoms with Crippen LogP contribution in [0.2, 0.25) is 0 Å². The minimum absolute atomic E-state index is 1.10. The van der Waals surface area contributed by atoms with Crippen LogP contribution in [0.4, 0.5) is 17.1 Å². The lowest BCUT2D eigenvalue weighted by atomic mass is 10.0. The number of hydrogen-bond donors (Lipinski definition) is 0. The molecule has 0 aliphatic carbocycles. The number of benzene rings is 6. The second kappa shape index (κ2) is 17.7. The zero-order valence-corrected chi connectivity index (χ0v) is 34.1. The second-order valence-electron chi connectivity index (χ2n) is 13.9. The van der Waals surface area contributed by atoms with E-state index in [2.05, 4.69) is 239 Å². The highest BCUT2D eigenvalue weighted by molar-refractivity contribution is 7.11. The molecule has 3 heterocycles. The van der Waals surface area contributed by atoms with Crippen molar-refractivity contribution in [2.75, 3.05) is 4.90 Å². The molecule has 0 atom stereocenters. The summed E-state index contributed by atoms with van der Waals surface area (Å²) in [6, 6.07) is 65.8. The Labute approximate surface area is 353 Å². The maximum absolute atomic E-state index is 2.34. The Morgan fingerprint density at radius 2 is 0.500 bits per heavy atom. The summed E-state index contributed by atoms with van der Waals surface area (Å²) in [6.45, 7) is 0. The topological polar surface area (TPSA) is 3.24 Å². The average molecular weight is 798 g/mol. The SMILES string of the molecule is C(=C\c1cccs1)/c1ccc(-c2ccc(N(c3ccc(-c4ccc(/C=C/c5cccs5)cc4)cc3)c3ccc(-c4ccc(/C=C/c5cccs5)cc4)cc3)cc2)cc1. The lowest BCUT2D eigenvalue weighted by Gasteiger charge is -2.26. The normalized spacial score (nSPS) is 11.6. The van der Waals surface area contributed by atoms with Crippen LogP contribution < -0.4 is 4.90 Å². The number of rotatable bonds is 12. The van der Waals surface area contributed by atoms with Crippen LogP contribution >= 0.6 is 34.0 Å². The molecule has 4 heteroatoms. The standard InChI is InChI=1S/C54H39NS3/c1-4-52(56-37-1)34-13-40-7-16-43(17-8-40)46-22-28-49(29-23-46)55(50-30-24-47(25-31-50)44-18-9-41(10-19-44)14-35-53-5-2-38-57-53)51-32-26-48(27-33-51)45-20-11-42(12-21-45)15-36-54-6-3-39-58-54/h1-39H/b34-13+,35-14+,36-15+. The van der Waals surface area contributed by atoms with Crippen molar-refractivity contribution < 1.29 is 0 Å². The third-order valence-electron chi connectivity index (χ3n) is 10.1. The highest BCUT2D eigenvalue weighted by atomic mass is 32.1. The smallest absolute Gasteiger partial charge is 0.0462 e. The highest BCUT2D eigenvalue weighted by Gasteiger charge is 2.14.